The molecule has 30 heavy (non-hydrogen) atoms. The summed E-state index contributed by atoms with van der Waals surface area (Å²) in [5.74, 6) is -0.550. The highest BCUT2D eigenvalue weighted by Gasteiger charge is 2.26. The van der Waals surface area contributed by atoms with E-state index in [-0.39, 0.29) is 28.7 Å². The van der Waals surface area contributed by atoms with Crippen molar-refractivity contribution < 1.29 is 18.0 Å². The van der Waals surface area contributed by atoms with Crippen molar-refractivity contribution in [2.45, 2.75) is 44.2 Å². The molecule has 1 aromatic heterocycles. The van der Waals surface area contributed by atoms with Gasteiger partial charge in [0.15, 0.2) is 0 Å². The van der Waals surface area contributed by atoms with Crippen molar-refractivity contribution in [1.29, 1.82) is 0 Å². The molecular weight excluding hydrogens is 409 g/mol. The Hall–Kier alpha value is -2.54. The molecule has 1 aliphatic carbocycles. The van der Waals surface area contributed by atoms with E-state index in [0.717, 1.165) is 52.8 Å². The van der Waals surface area contributed by atoms with Crippen LogP contribution < -0.4 is 10.2 Å². The normalized spacial score (nSPS) is 19.2. The molecule has 0 spiro atoms. The van der Waals surface area contributed by atoms with Crippen molar-refractivity contribution in [2.75, 3.05) is 11.9 Å². The summed E-state index contributed by atoms with van der Waals surface area (Å²) in [5, 5.41) is 3.91. The van der Waals surface area contributed by atoms with Gasteiger partial charge in [0, 0.05) is 40.5 Å². The number of nitrogens with one attached hydrogen (secondary N) is 1. The highest BCUT2D eigenvalue weighted by atomic mass is 32.1. The first-order chi connectivity index (χ1) is 14.4. The summed E-state index contributed by atoms with van der Waals surface area (Å²) in [4.78, 5) is 14.6. The minimum absolute atomic E-state index is 0.0783. The first-order valence-electron chi connectivity index (χ1n) is 10.0. The SMILES string of the molecule is CN(c1cccc2sc(C(F)F)cc12)C1CCC(NC(=O)c2ccc(F)cc2)CC1. The van der Waals surface area contributed by atoms with Crippen LogP contribution in [-0.4, -0.2) is 25.0 Å². The molecule has 0 aliphatic heterocycles. The molecule has 1 amide bonds. The molecule has 0 atom stereocenters. The number of fused-ring (bicyclic) bond motifs is 1. The standard InChI is InChI=1S/C23H23F3N2OS/c1-28(19-3-2-4-20-18(19)13-21(30-20)22(25)26)17-11-9-16(10-12-17)27-23(29)14-5-7-15(24)8-6-14/h2-8,13,16-17,22H,9-12H2,1H3,(H,27,29). The molecule has 1 N–H and O–H groups in total. The molecule has 7 heteroatoms. The smallest absolute Gasteiger partial charge is 0.272 e. The lowest BCUT2D eigenvalue weighted by Crippen LogP contribution is -2.43. The minimum Gasteiger partial charge on any atom is -0.371 e. The molecule has 3 nitrogen and oxygen atoms in total. The molecule has 1 fully saturated rings. The average molecular weight is 433 g/mol. The Labute approximate surface area is 177 Å². The maximum Gasteiger partial charge on any atom is 0.272 e. The Balaban J connectivity index is 1.40. The number of rotatable bonds is 5. The summed E-state index contributed by atoms with van der Waals surface area (Å²) < 4.78 is 40.2. The number of hydrogen-bond donors (Lipinski definition) is 1. The lowest BCUT2D eigenvalue weighted by atomic mass is 9.89. The Bertz CT molecular complexity index is 1030. The van der Waals surface area contributed by atoms with Gasteiger partial charge in [-0.25, -0.2) is 13.2 Å². The van der Waals surface area contributed by atoms with Crippen LogP contribution in [0, 0.1) is 5.82 Å². The second-order valence-electron chi connectivity index (χ2n) is 7.74. The van der Waals surface area contributed by atoms with Crippen molar-refractivity contribution in [3.63, 3.8) is 0 Å². The number of thiophene rings is 1. The van der Waals surface area contributed by atoms with Gasteiger partial charge in [-0.05, 0) is 68.1 Å². The number of amides is 1. The van der Waals surface area contributed by atoms with Crippen molar-refractivity contribution in [2.24, 2.45) is 0 Å². The Morgan fingerprint density at radius 2 is 1.80 bits per heavy atom. The average Bonchev–Trinajstić information content (AvgIpc) is 3.19. The van der Waals surface area contributed by atoms with E-state index >= 15 is 0 Å². The first-order valence-corrected chi connectivity index (χ1v) is 10.8. The maximum absolute atomic E-state index is 13.1. The molecule has 0 unspecified atom stereocenters. The fraction of sp³-hybridized carbons (Fsp3) is 0.348. The second-order valence-corrected chi connectivity index (χ2v) is 8.85. The fourth-order valence-electron chi connectivity index (χ4n) is 4.15. The molecule has 1 saturated carbocycles. The van der Waals surface area contributed by atoms with Crippen molar-refractivity contribution >= 4 is 33.0 Å². The summed E-state index contributed by atoms with van der Waals surface area (Å²) in [6.45, 7) is 0. The zero-order valence-electron chi connectivity index (χ0n) is 16.6. The molecule has 0 saturated heterocycles. The molecule has 0 radical (unpaired) electrons. The van der Waals surface area contributed by atoms with Crippen LogP contribution in [0.3, 0.4) is 0 Å². The molecule has 3 aromatic rings. The third-order valence-corrected chi connectivity index (χ3v) is 6.95. The number of carbonyl (C=O) groups is 1. The van der Waals surface area contributed by atoms with Crippen LogP contribution in [0.4, 0.5) is 18.9 Å². The number of halogens is 3. The van der Waals surface area contributed by atoms with E-state index in [2.05, 4.69) is 10.2 Å². The first kappa shape index (κ1) is 20.7. The van der Waals surface area contributed by atoms with Gasteiger partial charge in [0.25, 0.3) is 12.3 Å². The lowest BCUT2D eigenvalue weighted by molar-refractivity contribution is 0.0925. The van der Waals surface area contributed by atoms with E-state index < -0.39 is 6.43 Å². The molecule has 0 bridgehead atoms. The van der Waals surface area contributed by atoms with Gasteiger partial charge in [0.1, 0.15) is 5.82 Å². The zero-order chi connectivity index (χ0) is 21.3. The van der Waals surface area contributed by atoms with Crippen LogP contribution >= 0.6 is 11.3 Å². The third-order valence-electron chi connectivity index (χ3n) is 5.84. The number of carbonyl (C=O) groups excluding carboxylic acids is 1. The molecule has 158 valence electrons. The van der Waals surface area contributed by atoms with E-state index in [1.54, 1.807) is 6.07 Å². The van der Waals surface area contributed by atoms with Crippen molar-refractivity contribution in [3.05, 3.63) is 64.8 Å². The van der Waals surface area contributed by atoms with Crippen LogP contribution in [0.2, 0.25) is 0 Å². The van der Waals surface area contributed by atoms with E-state index in [9.17, 15) is 18.0 Å². The van der Waals surface area contributed by atoms with Crippen LogP contribution in [0.1, 0.15) is 47.3 Å². The van der Waals surface area contributed by atoms with Gasteiger partial charge in [-0.2, -0.15) is 0 Å². The molecule has 1 heterocycles. The van der Waals surface area contributed by atoms with E-state index in [1.165, 1.54) is 24.3 Å². The molecular formula is C23H23F3N2OS. The predicted octanol–water partition coefficient (Wildman–Crippen LogP) is 6.16. The summed E-state index contributed by atoms with van der Waals surface area (Å²) in [5.41, 5.74) is 1.42. The van der Waals surface area contributed by atoms with Crippen LogP contribution in [0.25, 0.3) is 10.1 Å². The Morgan fingerprint density at radius 3 is 2.47 bits per heavy atom. The number of alkyl halides is 2. The summed E-state index contributed by atoms with van der Waals surface area (Å²) >= 11 is 1.14. The van der Waals surface area contributed by atoms with Crippen molar-refractivity contribution in [3.8, 4) is 0 Å². The second kappa shape index (κ2) is 8.68. The van der Waals surface area contributed by atoms with Crippen LogP contribution in [0.15, 0.2) is 48.5 Å². The minimum atomic E-state index is -2.46. The summed E-state index contributed by atoms with van der Waals surface area (Å²) in [7, 11) is 2.01. The number of hydrogen-bond acceptors (Lipinski definition) is 3. The van der Waals surface area contributed by atoms with E-state index in [4.69, 9.17) is 0 Å². The summed E-state index contributed by atoms with van der Waals surface area (Å²) in [6.07, 6.45) is 1.01. The summed E-state index contributed by atoms with van der Waals surface area (Å²) in [6, 6.07) is 13.3. The molecule has 2 aromatic carbocycles. The highest BCUT2D eigenvalue weighted by Crippen LogP contribution is 2.38. The van der Waals surface area contributed by atoms with E-state index in [0.29, 0.717) is 5.56 Å². The highest BCUT2D eigenvalue weighted by molar-refractivity contribution is 7.19. The Morgan fingerprint density at radius 1 is 1.10 bits per heavy atom. The topological polar surface area (TPSA) is 32.3 Å². The van der Waals surface area contributed by atoms with Gasteiger partial charge in [-0.1, -0.05) is 6.07 Å². The predicted molar refractivity (Wildman–Crippen MR) is 115 cm³/mol. The lowest BCUT2D eigenvalue weighted by Gasteiger charge is -2.36. The van der Waals surface area contributed by atoms with E-state index in [1.807, 2.05) is 25.2 Å². The van der Waals surface area contributed by atoms with Crippen LogP contribution in [0.5, 0.6) is 0 Å². The number of anilines is 1. The molecule has 4 rings (SSSR count). The Kier molecular flexibility index (Phi) is 5.99. The van der Waals surface area contributed by atoms with Crippen LogP contribution in [-0.2, 0) is 0 Å². The fourth-order valence-corrected chi connectivity index (χ4v) is 5.09. The number of benzene rings is 2. The quantitative estimate of drug-likeness (QED) is 0.524. The van der Waals surface area contributed by atoms with Gasteiger partial charge in [0.05, 0.1) is 4.88 Å². The number of nitrogens with zero attached hydrogens (tertiary/aromatic N) is 1. The van der Waals surface area contributed by atoms with Gasteiger partial charge in [-0.3, -0.25) is 4.79 Å². The van der Waals surface area contributed by atoms with Gasteiger partial charge in [-0.15, -0.1) is 11.3 Å². The van der Waals surface area contributed by atoms with Crippen molar-refractivity contribution in [1.82, 2.24) is 5.32 Å². The van der Waals surface area contributed by atoms with Gasteiger partial charge >= 0.3 is 0 Å². The molecule has 1 aliphatic rings. The maximum atomic E-state index is 13.1. The van der Waals surface area contributed by atoms with Gasteiger partial charge < -0.3 is 10.2 Å². The zero-order valence-corrected chi connectivity index (χ0v) is 17.4. The monoisotopic (exact) mass is 432 g/mol. The van der Waals surface area contributed by atoms with Gasteiger partial charge in [0.2, 0.25) is 0 Å². The largest absolute Gasteiger partial charge is 0.371 e. The third kappa shape index (κ3) is 4.31.